The number of pyridine rings is 1. The molecule has 0 N–H and O–H groups in total. The van der Waals surface area contributed by atoms with Gasteiger partial charge in [-0.05, 0) is 65.7 Å². The van der Waals surface area contributed by atoms with Gasteiger partial charge in [-0.2, -0.15) is 9.97 Å². The highest BCUT2D eigenvalue weighted by Gasteiger charge is 2.63. The summed E-state index contributed by atoms with van der Waals surface area (Å²) in [5, 5.41) is 0.243. The van der Waals surface area contributed by atoms with Crippen LogP contribution in [0.2, 0.25) is 5.15 Å². The fourth-order valence-electron chi connectivity index (χ4n) is 7.56. The summed E-state index contributed by atoms with van der Waals surface area (Å²) in [6.07, 6.45) is 8.56. The molecule has 0 radical (unpaired) electrons. The van der Waals surface area contributed by atoms with Gasteiger partial charge >= 0.3 is 12.1 Å². The van der Waals surface area contributed by atoms with Crippen LogP contribution in [0.4, 0.5) is 15.0 Å². The first-order valence-corrected chi connectivity index (χ1v) is 14.7. The van der Waals surface area contributed by atoms with Crippen molar-refractivity contribution in [3.05, 3.63) is 29.3 Å². The minimum atomic E-state index is -0.685. The van der Waals surface area contributed by atoms with E-state index in [2.05, 4.69) is 26.3 Å². The van der Waals surface area contributed by atoms with Crippen molar-refractivity contribution in [2.75, 3.05) is 31.1 Å². The van der Waals surface area contributed by atoms with E-state index in [1.807, 2.05) is 25.7 Å². The van der Waals surface area contributed by atoms with Crippen LogP contribution in [0, 0.1) is 5.82 Å². The van der Waals surface area contributed by atoms with Crippen molar-refractivity contribution >= 4 is 34.4 Å². The molecule has 7 rings (SSSR count). The lowest BCUT2D eigenvalue weighted by molar-refractivity contribution is 0.0122. The van der Waals surface area contributed by atoms with E-state index in [1.54, 1.807) is 0 Å². The molecule has 2 aromatic heterocycles. The molecule has 2 aromatic rings. The fraction of sp³-hybridized carbons (Fsp3) is 0.655. The zero-order valence-corrected chi connectivity index (χ0v) is 24.1. The van der Waals surface area contributed by atoms with Crippen molar-refractivity contribution in [3.8, 4) is 6.01 Å². The van der Waals surface area contributed by atoms with Crippen molar-refractivity contribution in [3.63, 3.8) is 0 Å². The second-order valence-corrected chi connectivity index (χ2v) is 13.7. The topological polar surface area (TPSA) is 83.9 Å². The van der Waals surface area contributed by atoms with Crippen molar-refractivity contribution in [2.24, 2.45) is 0 Å². The zero-order chi connectivity index (χ0) is 28.0. The monoisotopic (exact) mass is 570 g/mol. The molecule has 1 saturated carbocycles. The van der Waals surface area contributed by atoms with Gasteiger partial charge < -0.3 is 14.4 Å². The molecule has 40 heavy (non-hydrogen) atoms. The first kappa shape index (κ1) is 26.2. The molecule has 3 atom stereocenters. The number of hydrogen-bond donors (Lipinski definition) is 0. The second-order valence-electron chi connectivity index (χ2n) is 13.4. The number of amides is 1. The molecule has 1 amide bonds. The number of carbonyl (C=O) groups is 1. The fourth-order valence-corrected chi connectivity index (χ4v) is 7.70. The summed E-state index contributed by atoms with van der Waals surface area (Å²) in [6, 6.07) is 0.0747. The van der Waals surface area contributed by atoms with E-state index in [-0.39, 0.29) is 40.4 Å². The number of piperazine rings is 1. The molecule has 1 aliphatic carbocycles. The van der Waals surface area contributed by atoms with Gasteiger partial charge in [0.15, 0.2) is 11.0 Å². The van der Waals surface area contributed by atoms with E-state index >= 15 is 4.39 Å². The average molecular weight is 571 g/mol. The maximum Gasteiger partial charge on any atom is 0.410 e. The van der Waals surface area contributed by atoms with E-state index in [1.165, 1.54) is 31.0 Å². The van der Waals surface area contributed by atoms with Crippen LogP contribution in [0.25, 0.3) is 10.9 Å². The third-order valence-corrected chi connectivity index (χ3v) is 9.71. The number of rotatable bonds is 4. The summed E-state index contributed by atoms with van der Waals surface area (Å²) >= 11 is 6.07. The van der Waals surface area contributed by atoms with Crippen molar-refractivity contribution in [1.29, 1.82) is 0 Å². The van der Waals surface area contributed by atoms with E-state index in [9.17, 15) is 4.79 Å². The van der Waals surface area contributed by atoms with E-state index in [4.69, 9.17) is 26.1 Å². The summed E-state index contributed by atoms with van der Waals surface area (Å²) in [5.74, 6) is -0.131. The Morgan fingerprint density at radius 2 is 1.88 bits per heavy atom. The molecule has 5 aliphatic rings. The van der Waals surface area contributed by atoms with Crippen molar-refractivity contribution < 1.29 is 18.7 Å². The van der Waals surface area contributed by atoms with Gasteiger partial charge in [-0.3, -0.25) is 9.80 Å². The highest BCUT2D eigenvalue weighted by atomic mass is 35.5. The molecule has 214 valence electrons. The highest BCUT2D eigenvalue weighted by molar-refractivity contribution is 6.30. The van der Waals surface area contributed by atoms with Crippen LogP contribution >= 0.6 is 11.6 Å². The van der Waals surface area contributed by atoms with Gasteiger partial charge in [0.1, 0.15) is 23.5 Å². The van der Waals surface area contributed by atoms with E-state index in [0.29, 0.717) is 36.4 Å². The van der Waals surface area contributed by atoms with Gasteiger partial charge in [-0.1, -0.05) is 23.8 Å². The molecular weight excluding hydrogens is 535 g/mol. The predicted octanol–water partition coefficient (Wildman–Crippen LogP) is 5.11. The van der Waals surface area contributed by atoms with E-state index < -0.39 is 11.4 Å². The number of hydrogen-bond acceptors (Lipinski definition) is 8. The molecule has 4 saturated heterocycles. The van der Waals surface area contributed by atoms with Crippen LogP contribution in [-0.4, -0.2) is 85.8 Å². The Hall–Kier alpha value is -2.72. The molecule has 1 spiro atoms. The standard InChI is InChI=1S/C29H36ClFN6O3/c1-17-11-29(10-9-28(7-8-28)36(29)13-17)16-39-25-33-22-20(12-32-23(30)21(22)31)24(34-25)35-14-18-5-6-19(15-35)37(18)26(38)40-27(2,3)4/h12,18-19H,1,5-11,13-16H2,2-4H3. The van der Waals surface area contributed by atoms with Gasteiger partial charge in [-0.15, -0.1) is 0 Å². The highest BCUT2D eigenvalue weighted by Crippen LogP contribution is 2.59. The van der Waals surface area contributed by atoms with Crippen LogP contribution < -0.4 is 9.64 Å². The Morgan fingerprint density at radius 3 is 2.55 bits per heavy atom. The smallest absolute Gasteiger partial charge is 0.410 e. The molecule has 11 heteroatoms. The summed E-state index contributed by atoms with van der Waals surface area (Å²) in [6.45, 7) is 12.3. The number of aromatic nitrogens is 3. The first-order valence-electron chi connectivity index (χ1n) is 14.3. The summed E-state index contributed by atoms with van der Waals surface area (Å²) in [5.41, 5.74) is 0.953. The summed E-state index contributed by atoms with van der Waals surface area (Å²) in [4.78, 5) is 32.9. The van der Waals surface area contributed by atoms with Gasteiger partial charge in [0.2, 0.25) is 0 Å². The van der Waals surface area contributed by atoms with Crippen molar-refractivity contribution in [2.45, 2.75) is 94.5 Å². The molecule has 4 aliphatic heterocycles. The van der Waals surface area contributed by atoms with Crippen LogP contribution in [0.3, 0.4) is 0 Å². The molecule has 3 unspecified atom stereocenters. The number of ether oxygens (including phenoxy) is 2. The lowest BCUT2D eigenvalue weighted by Crippen LogP contribution is -2.57. The Kier molecular flexibility index (Phi) is 5.82. The maximum atomic E-state index is 15.3. The Labute approximate surface area is 238 Å². The number of nitrogens with zero attached hydrogens (tertiary/aromatic N) is 6. The number of fused-ring (bicyclic) bond motifs is 5. The molecule has 0 aromatic carbocycles. The lowest BCUT2D eigenvalue weighted by atomic mass is 9.94. The predicted molar refractivity (Wildman–Crippen MR) is 149 cm³/mol. The quantitative estimate of drug-likeness (QED) is 0.370. The normalized spacial score (nSPS) is 29.0. The second kappa shape index (κ2) is 8.89. The van der Waals surface area contributed by atoms with Gasteiger partial charge in [0.05, 0.1) is 23.0 Å². The molecule has 6 heterocycles. The molecule has 5 fully saturated rings. The Bertz CT molecular complexity index is 1400. The van der Waals surface area contributed by atoms with Gasteiger partial charge in [0, 0.05) is 31.4 Å². The average Bonchev–Trinajstić information content (AvgIpc) is 3.44. The SMILES string of the molecule is C=C1CN2C3(CC3)CCC2(COc2nc(N3CC4CCC(C3)N4C(=O)OC(C)(C)C)c3cnc(Cl)c(F)c3n2)C1. The number of halogens is 2. The van der Waals surface area contributed by atoms with E-state index in [0.717, 1.165) is 32.2 Å². The maximum absolute atomic E-state index is 15.3. The number of carbonyl (C=O) groups excluding carboxylic acids is 1. The molecular formula is C29H36ClFN6O3. The van der Waals surface area contributed by atoms with Gasteiger partial charge in [-0.25, -0.2) is 14.2 Å². The number of anilines is 1. The third kappa shape index (κ3) is 4.21. The Morgan fingerprint density at radius 1 is 1.18 bits per heavy atom. The molecule has 2 bridgehead atoms. The van der Waals surface area contributed by atoms with Crippen LogP contribution in [0.1, 0.15) is 65.7 Å². The summed E-state index contributed by atoms with van der Waals surface area (Å²) < 4.78 is 27.3. The summed E-state index contributed by atoms with van der Waals surface area (Å²) in [7, 11) is 0. The first-order chi connectivity index (χ1) is 19.0. The van der Waals surface area contributed by atoms with Crippen molar-refractivity contribution in [1.82, 2.24) is 24.8 Å². The molecule has 9 nitrogen and oxygen atoms in total. The Balaban J connectivity index is 1.18. The zero-order valence-electron chi connectivity index (χ0n) is 23.4. The minimum Gasteiger partial charge on any atom is -0.461 e. The minimum absolute atomic E-state index is 0.0294. The van der Waals surface area contributed by atoms with Crippen LogP contribution in [0.15, 0.2) is 18.3 Å². The van der Waals surface area contributed by atoms with Crippen LogP contribution in [0.5, 0.6) is 6.01 Å². The largest absolute Gasteiger partial charge is 0.461 e. The van der Waals surface area contributed by atoms with Crippen LogP contribution in [-0.2, 0) is 4.74 Å². The lowest BCUT2D eigenvalue weighted by Gasteiger charge is -2.42. The van der Waals surface area contributed by atoms with Gasteiger partial charge in [0.25, 0.3) is 0 Å². The third-order valence-electron chi connectivity index (χ3n) is 9.45.